The number of rotatable bonds is 3. The van der Waals surface area contributed by atoms with Crippen molar-refractivity contribution in [2.24, 2.45) is 0 Å². The highest BCUT2D eigenvalue weighted by Gasteiger charge is 2.13. The van der Waals surface area contributed by atoms with Crippen LogP contribution in [0.1, 0.15) is 5.01 Å². The molecular weight excluding hydrogens is 206 g/mol. The van der Waals surface area contributed by atoms with Gasteiger partial charge in [0, 0.05) is 5.38 Å². The summed E-state index contributed by atoms with van der Waals surface area (Å²) in [4.78, 5) is 14.8. The molecule has 0 amide bonds. The molecule has 0 saturated heterocycles. The Labute approximate surface area is 82.2 Å². The summed E-state index contributed by atoms with van der Waals surface area (Å²) in [5.41, 5.74) is 0. The van der Waals surface area contributed by atoms with E-state index < -0.39 is 4.92 Å². The monoisotopic (exact) mass is 210 g/mol. The van der Waals surface area contributed by atoms with Gasteiger partial charge >= 0.3 is 5.82 Å². The summed E-state index contributed by atoms with van der Waals surface area (Å²) >= 11 is 1.40. The summed E-state index contributed by atoms with van der Waals surface area (Å²) in [6.45, 7) is 0.335. The number of nitro groups is 1. The molecule has 71 valence electrons. The Balaban J connectivity index is 2.14. The third kappa shape index (κ3) is 1.74. The zero-order valence-electron chi connectivity index (χ0n) is 6.82. The van der Waals surface area contributed by atoms with Crippen LogP contribution in [0.2, 0.25) is 0 Å². The molecule has 0 N–H and O–H groups in total. The van der Waals surface area contributed by atoms with Crippen molar-refractivity contribution in [3.63, 3.8) is 0 Å². The van der Waals surface area contributed by atoms with Crippen molar-refractivity contribution in [3.05, 3.63) is 32.9 Å². The summed E-state index contributed by atoms with van der Waals surface area (Å²) in [7, 11) is 0. The Morgan fingerprint density at radius 3 is 3.14 bits per heavy atom. The number of hydrogen-bond acceptors (Lipinski definition) is 6. The molecule has 0 aromatic carbocycles. The Bertz CT molecular complexity index is 437. The van der Waals surface area contributed by atoms with E-state index in [1.54, 1.807) is 5.38 Å². The lowest BCUT2D eigenvalue weighted by atomic mass is 10.7. The minimum atomic E-state index is -0.586. The molecule has 0 bridgehead atoms. The van der Waals surface area contributed by atoms with Gasteiger partial charge in [-0.2, -0.15) is 0 Å². The van der Waals surface area contributed by atoms with Gasteiger partial charge in [0.05, 0.1) is 5.10 Å². The van der Waals surface area contributed by atoms with Gasteiger partial charge in [0.2, 0.25) is 0 Å². The predicted octanol–water partition coefficient (Wildman–Crippen LogP) is 0.491. The molecule has 2 aromatic rings. The van der Waals surface area contributed by atoms with Gasteiger partial charge in [0.15, 0.2) is 6.20 Å². The lowest BCUT2D eigenvalue weighted by Crippen LogP contribution is -2.03. The first-order valence-corrected chi connectivity index (χ1v) is 4.48. The third-order valence-corrected chi connectivity index (χ3v) is 2.14. The minimum absolute atomic E-state index is 0.259. The predicted molar refractivity (Wildman–Crippen MR) is 46.7 cm³/mol. The standard InChI is InChI=1S/C6H4N5O2S/c12-11(13)5-3-8-10(9-5)4-6-7-1-2-14-6/h2-3H,4H2. The first-order valence-electron chi connectivity index (χ1n) is 3.60. The lowest BCUT2D eigenvalue weighted by Gasteiger charge is -1.88. The molecule has 0 atom stereocenters. The largest absolute Gasteiger partial charge is 0.410 e. The Morgan fingerprint density at radius 1 is 1.71 bits per heavy atom. The number of aromatic nitrogens is 4. The van der Waals surface area contributed by atoms with E-state index in [9.17, 15) is 10.1 Å². The van der Waals surface area contributed by atoms with Crippen molar-refractivity contribution in [2.45, 2.75) is 6.54 Å². The number of thiazole rings is 1. The molecule has 7 nitrogen and oxygen atoms in total. The fourth-order valence-corrected chi connectivity index (χ4v) is 1.40. The van der Waals surface area contributed by atoms with E-state index in [2.05, 4.69) is 21.4 Å². The van der Waals surface area contributed by atoms with Crippen LogP contribution in [-0.4, -0.2) is 24.9 Å². The molecule has 0 aliphatic rings. The topological polar surface area (TPSA) is 86.7 Å². The molecule has 2 aromatic heterocycles. The van der Waals surface area contributed by atoms with E-state index in [0.717, 1.165) is 11.2 Å². The van der Waals surface area contributed by atoms with E-state index in [4.69, 9.17) is 0 Å². The molecule has 14 heavy (non-hydrogen) atoms. The maximum absolute atomic E-state index is 10.3. The second-order valence-corrected chi connectivity index (χ2v) is 3.30. The van der Waals surface area contributed by atoms with Crippen molar-refractivity contribution in [3.8, 4) is 0 Å². The Morgan fingerprint density at radius 2 is 2.57 bits per heavy atom. The molecule has 2 heterocycles. The fraction of sp³-hybridized carbons (Fsp3) is 0.167. The summed E-state index contributed by atoms with van der Waals surface area (Å²) in [6, 6.07) is 0. The van der Waals surface area contributed by atoms with Crippen LogP contribution in [-0.2, 0) is 6.54 Å². The lowest BCUT2D eigenvalue weighted by molar-refractivity contribution is -0.389. The highest BCUT2D eigenvalue weighted by Crippen LogP contribution is 2.07. The second-order valence-electron chi connectivity index (χ2n) is 2.36. The van der Waals surface area contributed by atoms with E-state index in [-0.39, 0.29) is 5.82 Å². The summed E-state index contributed by atoms with van der Waals surface area (Å²) in [5, 5.41) is 20.1. The minimum Gasteiger partial charge on any atom is -0.358 e. The second kappa shape index (κ2) is 3.50. The van der Waals surface area contributed by atoms with Gasteiger partial charge in [-0.25, -0.2) is 4.98 Å². The Hall–Kier alpha value is -1.83. The maximum atomic E-state index is 10.3. The van der Waals surface area contributed by atoms with Gasteiger partial charge < -0.3 is 10.1 Å². The summed E-state index contributed by atoms with van der Waals surface area (Å²) < 4.78 is 0. The average Bonchev–Trinajstić information content (AvgIpc) is 2.75. The molecular formula is C6H4N5O2S. The molecule has 8 heteroatoms. The number of hydrogen-bond donors (Lipinski definition) is 0. The van der Waals surface area contributed by atoms with Crippen molar-refractivity contribution in [2.75, 3.05) is 0 Å². The fourth-order valence-electron chi connectivity index (χ4n) is 0.861. The molecule has 0 aliphatic heterocycles. The highest BCUT2D eigenvalue weighted by molar-refractivity contribution is 7.09. The van der Waals surface area contributed by atoms with Crippen LogP contribution in [0.3, 0.4) is 0 Å². The zero-order chi connectivity index (χ0) is 9.97. The van der Waals surface area contributed by atoms with E-state index >= 15 is 0 Å². The van der Waals surface area contributed by atoms with E-state index in [1.165, 1.54) is 16.1 Å². The van der Waals surface area contributed by atoms with Crippen LogP contribution in [0.25, 0.3) is 0 Å². The van der Waals surface area contributed by atoms with Crippen molar-refractivity contribution in [1.82, 2.24) is 20.0 Å². The van der Waals surface area contributed by atoms with E-state index in [1.807, 2.05) is 0 Å². The van der Waals surface area contributed by atoms with Crippen LogP contribution in [0.15, 0.2) is 11.6 Å². The van der Waals surface area contributed by atoms with Gasteiger partial charge in [-0.3, -0.25) is 0 Å². The molecule has 0 aliphatic carbocycles. The normalized spacial score (nSPS) is 10.3. The Kier molecular flexibility index (Phi) is 2.19. The molecule has 0 unspecified atom stereocenters. The van der Waals surface area contributed by atoms with Gasteiger partial charge in [-0.05, 0) is 4.92 Å². The quantitative estimate of drug-likeness (QED) is 0.543. The molecule has 0 fully saturated rings. The van der Waals surface area contributed by atoms with Gasteiger partial charge in [0.1, 0.15) is 17.7 Å². The maximum Gasteiger partial charge on any atom is 0.410 e. The zero-order valence-corrected chi connectivity index (χ0v) is 7.64. The van der Waals surface area contributed by atoms with Crippen LogP contribution >= 0.6 is 11.3 Å². The molecule has 0 spiro atoms. The SMILES string of the molecule is O=[N+]([O-])c1cnn(Cc2n[c]cs2)n1. The van der Waals surface area contributed by atoms with Crippen LogP contribution in [0, 0.1) is 16.3 Å². The summed E-state index contributed by atoms with van der Waals surface area (Å²) in [6.07, 6.45) is 3.75. The van der Waals surface area contributed by atoms with Gasteiger partial charge in [0.25, 0.3) is 0 Å². The van der Waals surface area contributed by atoms with Crippen LogP contribution < -0.4 is 0 Å². The number of nitrogens with zero attached hydrogens (tertiary/aromatic N) is 5. The highest BCUT2D eigenvalue weighted by atomic mass is 32.1. The third-order valence-electron chi connectivity index (χ3n) is 1.43. The summed E-state index contributed by atoms with van der Waals surface area (Å²) in [5.74, 6) is -0.259. The average molecular weight is 210 g/mol. The molecule has 2 rings (SSSR count). The molecule has 1 radical (unpaired) electrons. The van der Waals surface area contributed by atoms with Gasteiger partial charge in [-0.1, -0.05) is 4.80 Å². The van der Waals surface area contributed by atoms with Gasteiger partial charge in [-0.15, -0.1) is 16.4 Å². The van der Waals surface area contributed by atoms with Crippen molar-refractivity contribution < 1.29 is 4.92 Å². The van der Waals surface area contributed by atoms with E-state index in [0.29, 0.717) is 6.54 Å². The smallest absolute Gasteiger partial charge is 0.358 e. The van der Waals surface area contributed by atoms with Crippen molar-refractivity contribution >= 4 is 17.2 Å². The van der Waals surface area contributed by atoms with Crippen molar-refractivity contribution in [1.29, 1.82) is 0 Å². The first kappa shape index (κ1) is 8.75. The van der Waals surface area contributed by atoms with Crippen LogP contribution in [0.4, 0.5) is 5.82 Å². The first-order chi connectivity index (χ1) is 6.75. The molecule has 0 saturated carbocycles. The van der Waals surface area contributed by atoms with Crippen LogP contribution in [0.5, 0.6) is 0 Å².